The summed E-state index contributed by atoms with van der Waals surface area (Å²) >= 11 is 0. The second kappa shape index (κ2) is 13.0. The Kier molecular flexibility index (Phi) is 9.39. The van der Waals surface area contributed by atoms with Crippen LogP contribution in [0.4, 0.5) is 49.6 Å². The van der Waals surface area contributed by atoms with E-state index >= 15 is 22.0 Å². The summed E-state index contributed by atoms with van der Waals surface area (Å²) in [6.07, 6.45) is 0. The molecule has 14 heteroatoms. The zero-order valence-electron chi connectivity index (χ0n) is 25.2. The Bertz CT molecular complexity index is 2340. The quantitative estimate of drug-likeness (QED) is 0.0991. The van der Waals surface area contributed by atoms with Crippen LogP contribution in [0.25, 0.3) is 16.7 Å². The van der Waals surface area contributed by atoms with Crippen molar-refractivity contribution in [2.45, 2.75) is 27.7 Å². The molecular formula is C35H14F10N4. The van der Waals surface area contributed by atoms with E-state index in [4.69, 9.17) is 11.0 Å². The molecule has 0 aromatic heterocycles. The van der Waals surface area contributed by atoms with E-state index in [1.54, 1.807) is 0 Å². The first-order valence-electron chi connectivity index (χ1n) is 13.3. The molecule has 0 spiro atoms. The molecule has 49 heavy (non-hydrogen) atoms. The van der Waals surface area contributed by atoms with Gasteiger partial charge < -0.3 is 5.73 Å². The summed E-state index contributed by atoms with van der Waals surface area (Å²) in [5.74, 6) is -11.1. The first kappa shape index (κ1) is 35.4. The molecule has 244 valence electrons. The predicted octanol–water partition coefficient (Wildman–Crippen LogP) is 8.26. The average molecular weight is 681 g/mol. The maximum atomic E-state index is 15.6. The van der Waals surface area contributed by atoms with Gasteiger partial charge in [0.05, 0.1) is 16.7 Å². The van der Waals surface area contributed by atoms with Crippen molar-refractivity contribution in [3.8, 4) is 41.9 Å². The number of halogens is 10. The Morgan fingerprint density at radius 2 is 0.898 bits per heavy atom. The van der Waals surface area contributed by atoms with Gasteiger partial charge >= 0.3 is 0 Å². The largest absolute Gasteiger partial charge is 0.394 e. The van der Waals surface area contributed by atoms with Crippen LogP contribution < -0.4 is 5.73 Å². The smallest absolute Gasteiger partial charge is 0.185 e. The monoisotopic (exact) mass is 680 g/mol. The van der Waals surface area contributed by atoms with E-state index in [1.807, 2.05) is 11.8 Å². The minimum absolute atomic E-state index is 0.763. The summed E-state index contributed by atoms with van der Waals surface area (Å²) in [5.41, 5.74) is -10.0. The first-order valence-corrected chi connectivity index (χ1v) is 13.3. The number of allylic oxidation sites excluding steroid dienone is 6. The van der Waals surface area contributed by atoms with Gasteiger partial charge in [0.1, 0.15) is 40.8 Å². The van der Waals surface area contributed by atoms with Gasteiger partial charge in [-0.05, 0) is 38.8 Å². The number of nitriles is 3. The average Bonchev–Trinajstić information content (AvgIpc) is 3.80. The van der Waals surface area contributed by atoms with Crippen LogP contribution in [-0.2, 0) is 0 Å². The molecule has 1 aliphatic rings. The molecule has 1 fully saturated rings. The summed E-state index contributed by atoms with van der Waals surface area (Å²) in [7, 11) is 0. The van der Waals surface area contributed by atoms with Crippen LogP contribution in [0.15, 0.2) is 16.7 Å². The van der Waals surface area contributed by atoms with Crippen molar-refractivity contribution in [1.82, 2.24) is 0 Å². The van der Waals surface area contributed by atoms with Gasteiger partial charge in [-0.3, -0.25) is 0 Å². The van der Waals surface area contributed by atoms with Gasteiger partial charge in [-0.1, -0.05) is 11.8 Å². The van der Waals surface area contributed by atoms with E-state index in [2.05, 4.69) is 11.8 Å². The second-order valence-electron chi connectivity index (χ2n) is 10.0. The van der Waals surface area contributed by atoms with E-state index < -0.39 is 136 Å². The molecule has 0 radical (unpaired) electrons. The molecule has 2 N–H and O–H groups in total. The van der Waals surface area contributed by atoms with Gasteiger partial charge in [0.2, 0.25) is 0 Å². The number of nitrogen functional groups attached to an aromatic ring is 1. The predicted molar refractivity (Wildman–Crippen MR) is 155 cm³/mol. The third-order valence-corrected chi connectivity index (χ3v) is 7.43. The van der Waals surface area contributed by atoms with Crippen molar-refractivity contribution >= 4 is 22.4 Å². The lowest BCUT2D eigenvalue weighted by Gasteiger charge is -2.11. The van der Waals surface area contributed by atoms with E-state index in [0.717, 1.165) is 33.8 Å². The van der Waals surface area contributed by atoms with Gasteiger partial charge in [0.25, 0.3) is 0 Å². The Hall–Kier alpha value is -6.43. The van der Waals surface area contributed by atoms with Crippen LogP contribution >= 0.6 is 0 Å². The zero-order valence-corrected chi connectivity index (χ0v) is 25.2. The number of anilines is 1. The highest BCUT2D eigenvalue weighted by molar-refractivity contribution is 6.13. The van der Waals surface area contributed by atoms with Crippen molar-refractivity contribution in [3.05, 3.63) is 114 Å². The molecule has 1 saturated carbocycles. The van der Waals surface area contributed by atoms with E-state index in [-0.39, 0.29) is 0 Å². The lowest BCUT2D eigenvalue weighted by atomic mass is 9.94. The third-order valence-electron chi connectivity index (χ3n) is 7.43. The molecule has 0 unspecified atom stereocenters. The fraction of sp³-hybridized carbons (Fsp3) is 0.114. The highest BCUT2D eigenvalue weighted by Gasteiger charge is 2.45. The van der Waals surface area contributed by atoms with Crippen LogP contribution in [0.1, 0.15) is 52.8 Å². The molecule has 0 saturated heterocycles. The molecule has 0 bridgehead atoms. The fourth-order valence-electron chi connectivity index (χ4n) is 5.14. The molecule has 0 aliphatic heterocycles. The van der Waals surface area contributed by atoms with Gasteiger partial charge in [-0.2, -0.15) is 15.8 Å². The lowest BCUT2D eigenvalue weighted by Crippen LogP contribution is -2.07. The van der Waals surface area contributed by atoms with Gasteiger partial charge in [-0.25, -0.2) is 43.9 Å². The lowest BCUT2D eigenvalue weighted by molar-refractivity contribution is 0.447. The van der Waals surface area contributed by atoms with E-state index in [9.17, 15) is 32.5 Å². The molecule has 0 atom stereocenters. The maximum Gasteiger partial charge on any atom is 0.185 e. The van der Waals surface area contributed by atoms with Gasteiger partial charge in [0.15, 0.2) is 52.4 Å². The van der Waals surface area contributed by atoms with Crippen LogP contribution in [-0.4, -0.2) is 0 Å². The first-order chi connectivity index (χ1) is 23.1. The summed E-state index contributed by atoms with van der Waals surface area (Å²) in [6.45, 7) is 3.91. The highest BCUT2D eigenvalue weighted by Crippen LogP contribution is 2.57. The second-order valence-corrected chi connectivity index (χ2v) is 10.0. The molecule has 0 amide bonds. The highest BCUT2D eigenvalue weighted by atomic mass is 19.2. The number of nitrogens with two attached hydrogens (primary N) is 1. The molecule has 4 nitrogen and oxygen atoms in total. The van der Waals surface area contributed by atoms with Crippen LogP contribution in [0.2, 0.25) is 0 Å². The van der Waals surface area contributed by atoms with Crippen molar-refractivity contribution in [2.75, 3.05) is 5.73 Å². The Morgan fingerprint density at radius 3 is 1.37 bits per heavy atom. The summed E-state index contributed by atoms with van der Waals surface area (Å²) in [4.78, 5) is 0. The number of rotatable bonds is 3. The summed E-state index contributed by atoms with van der Waals surface area (Å²) < 4.78 is 151. The van der Waals surface area contributed by atoms with Crippen molar-refractivity contribution in [1.29, 1.82) is 15.8 Å². The SMILES string of the molecule is CC#C/C(=C1\C(=C(C#N)c2c(F)c(F)c(C#CC)c(F)c2F)\C1=C(\C#N)c1c(C)c(F)c(N)c(F)c1F)c1c(C)c(F)c(C#N)c(F)c1F. The van der Waals surface area contributed by atoms with E-state index in [0.29, 0.717) is 0 Å². The molecule has 1 aliphatic carbocycles. The standard InChI is InChI=1S/C35H14F10N4/c1-5-7-14(19-12(3)25(36)18(11-48)29(40)30(19)41)21-22(16(9-46)20-13(4)26(37)35(49)34(45)31(20)42)23(21)17(10-47)24-32(43)27(38)15(8-6-2)28(39)33(24)44/h49H2,1-4H3/b21-14+,22-16-,23-17?. The fourth-order valence-corrected chi connectivity index (χ4v) is 5.14. The number of benzene rings is 3. The number of hydrogen-bond donors (Lipinski definition) is 1. The minimum atomic E-state index is -2.18. The minimum Gasteiger partial charge on any atom is -0.394 e. The Labute approximate surface area is 271 Å². The summed E-state index contributed by atoms with van der Waals surface area (Å²) in [5, 5.41) is 29.4. The molecule has 0 heterocycles. The van der Waals surface area contributed by atoms with Gasteiger partial charge in [-0.15, -0.1) is 11.8 Å². The van der Waals surface area contributed by atoms with Gasteiger partial charge in [0, 0.05) is 33.4 Å². The molecule has 3 aromatic rings. The summed E-state index contributed by atoms with van der Waals surface area (Å²) in [6, 6.07) is 3.85. The van der Waals surface area contributed by atoms with Crippen molar-refractivity contribution in [3.63, 3.8) is 0 Å². The van der Waals surface area contributed by atoms with E-state index in [1.165, 1.54) is 12.1 Å². The number of hydrogen-bond acceptors (Lipinski definition) is 4. The van der Waals surface area contributed by atoms with Crippen LogP contribution in [0.3, 0.4) is 0 Å². The Balaban J connectivity index is 2.40. The van der Waals surface area contributed by atoms with Crippen LogP contribution in [0.5, 0.6) is 0 Å². The normalized spacial score (nSPS) is 14.8. The van der Waals surface area contributed by atoms with Crippen molar-refractivity contribution < 1.29 is 43.9 Å². The zero-order chi connectivity index (χ0) is 36.8. The third kappa shape index (κ3) is 5.23. The topological polar surface area (TPSA) is 97.4 Å². The molecular weight excluding hydrogens is 666 g/mol. The Morgan fingerprint density at radius 1 is 0.490 bits per heavy atom. The molecule has 3 aromatic carbocycles. The molecule has 4 rings (SSSR count). The maximum absolute atomic E-state index is 15.6. The van der Waals surface area contributed by atoms with Crippen LogP contribution in [0, 0.1) is 130 Å². The van der Waals surface area contributed by atoms with Crippen molar-refractivity contribution in [2.24, 2.45) is 0 Å². The number of nitrogens with zero attached hydrogens (tertiary/aromatic N) is 3.